The van der Waals surface area contributed by atoms with Crippen LogP contribution in [0.2, 0.25) is 5.02 Å². The van der Waals surface area contributed by atoms with E-state index >= 15 is 0 Å². The summed E-state index contributed by atoms with van der Waals surface area (Å²) in [6, 6.07) is 5.98. The Labute approximate surface area is 83.9 Å². The van der Waals surface area contributed by atoms with Crippen LogP contribution in [0.5, 0.6) is 0 Å². The van der Waals surface area contributed by atoms with Crippen molar-refractivity contribution >= 4 is 11.6 Å². The van der Waals surface area contributed by atoms with Gasteiger partial charge < -0.3 is 5.73 Å². The van der Waals surface area contributed by atoms with Crippen molar-refractivity contribution in [3.8, 4) is 0 Å². The van der Waals surface area contributed by atoms with E-state index in [1.807, 2.05) is 12.1 Å². The van der Waals surface area contributed by atoms with Crippen molar-refractivity contribution < 1.29 is 0 Å². The number of aryl methyl sites for hydroxylation is 1. The van der Waals surface area contributed by atoms with E-state index < -0.39 is 0 Å². The third kappa shape index (κ3) is 1.36. The maximum atomic E-state index is 6.24. The summed E-state index contributed by atoms with van der Waals surface area (Å²) in [4.78, 5) is 0. The van der Waals surface area contributed by atoms with Gasteiger partial charge in [-0.05, 0) is 43.4 Å². The molecule has 1 nitrogen and oxygen atoms in total. The van der Waals surface area contributed by atoms with Gasteiger partial charge >= 0.3 is 0 Å². The van der Waals surface area contributed by atoms with Crippen LogP contribution in [-0.2, 0) is 5.54 Å². The van der Waals surface area contributed by atoms with Crippen LogP contribution in [0.3, 0.4) is 0 Å². The molecule has 0 unspecified atom stereocenters. The van der Waals surface area contributed by atoms with Crippen molar-refractivity contribution in [3.05, 3.63) is 34.3 Å². The lowest BCUT2D eigenvalue weighted by Crippen LogP contribution is -2.44. The average Bonchev–Trinajstić information content (AvgIpc) is 2.01. The molecule has 0 aliphatic heterocycles. The minimum Gasteiger partial charge on any atom is -0.321 e. The first-order valence-electron chi connectivity index (χ1n) is 4.68. The molecular weight excluding hydrogens is 182 g/mol. The third-order valence-electron chi connectivity index (χ3n) is 2.97. The van der Waals surface area contributed by atoms with E-state index in [4.69, 9.17) is 17.3 Å². The highest BCUT2D eigenvalue weighted by molar-refractivity contribution is 6.31. The van der Waals surface area contributed by atoms with Crippen molar-refractivity contribution in [1.29, 1.82) is 0 Å². The second kappa shape index (κ2) is 3.00. The normalized spacial score (nSPS) is 19.6. The highest BCUT2D eigenvalue weighted by Crippen LogP contribution is 2.42. The van der Waals surface area contributed by atoms with Gasteiger partial charge in [-0.2, -0.15) is 0 Å². The van der Waals surface area contributed by atoms with Crippen molar-refractivity contribution in [1.82, 2.24) is 0 Å². The average molecular weight is 196 g/mol. The van der Waals surface area contributed by atoms with Gasteiger partial charge in [-0.25, -0.2) is 0 Å². The van der Waals surface area contributed by atoms with Crippen LogP contribution in [0.15, 0.2) is 18.2 Å². The van der Waals surface area contributed by atoms with Gasteiger partial charge in [0.2, 0.25) is 0 Å². The number of hydrogen-bond acceptors (Lipinski definition) is 1. The maximum Gasteiger partial charge on any atom is 0.0459 e. The van der Waals surface area contributed by atoms with Crippen molar-refractivity contribution in [2.75, 3.05) is 0 Å². The fourth-order valence-corrected chi connectivity index (χ4v) is 2.48. The highest BCUT2D eigenvalue weighted by atomic mass is 35.5. The zero-order chi connectivity index (χ0) is 9.47. The largest absolute Gasteiger partial charge is 0.321 e. The molecule has 0 radical (unpaired) electrons. The molecule has 1 aromatic carbocycles. The summed E-state index contributed by atoms with van der Waals surface area (Å²) >= 11 is 6.15. The van der Waals surface area contributed by atoms with Crippen molar-refractivity contribution in [3.63, 3.8) is 0 Å². The molecule has 2 heteroatoms. The summed E-state index contributed by atoms with van der Waals surface area (Å²) in [5.74, 6) is 0. The quantitative estimate of drug-likeness (QED) is 0.733. The molecule has 1 aliphatic rings. The molecule has 13 heavy (non-hydrogen) atoms. The van der Waals surface area contributed by atoms with Crippen LogP contribution < -0.4 is 5.73 Å². The van der Waals surface area contributed by atoms with Gasteiger partial charge in [0.15, 0.2) is 0 Å². The Morgan fingerprint density at radius 1 is 1.38 bits per heavy atom. The van der Waals surface area contributed by atoms with Gasteiger partial charge in [-0.3, -0.25) is 0 Å². The zero-order valence-corrected chi connectivity index (χ0v) is 8.56. The molecule has 2 rings (SSSR count). The molecule has 1 saturated carbocycles. The van der Waals surface area contributed by atoms with Crippen LogP contribution in [0, 0.1) is 6.92 Å². The van der Waals surface area contributed by atoms with Crippen LogP contribution in [0.25, 0.3) is 0 Å². The minimum atomic E-state index is -0.136. The number of hydrogen-bond donors (Lipinski definition) is 1. The molecular formula is C11H14ClN. The maximum absolute atomic E-state index is 6.24. The summed E-state index contributed by atoms with van der Waals surface area (Å²) in [5.41, 5.74) is 8.48. The Hall–Kier alpha value is -0.530. The number of benzene rings is 1. The van der Waals surface area contributed by atoms with Gasteiger partial charge in [-0.15, -0.1) is 0 Å². The van der Waals surface area contributed by atoms with Gasteiger partial charge in [-0.1, -0.05) is 23.7 Å². The molecule has 70 valence electrons. The van der Waals surface area contributed by atoms with Gasteiger partial charge in [0.05, 0.1) is 0 Å². The third-order valence-corrected chi connectivity index (χ3v) is 3.28. The first-order valence-corrected chi connectivity index (χ1v) is 5.06. The monoisotopic (exact) mass is 195 g/mol. The number of rotatable bonds is 1. The smallest absolute Gasteiger partial charge is 0.0459 e. The Bertz CT molecular complexity index is 309. The SMILES string of the molecule is Cc1cccc(Cl)c1C1(N)CCC1. The summed E-state index contributed by atoms with van der Waals surface area (Å²) in [6.45, 7) is 2.08. The molecule has 1 fully saturated rings. The van der Waals surface area contributed by atoms with Crippen molar-refractivity contribution in [2.45, 2.75) is 31.7 Å². The van der Waals surface area contributed by atoms with E-state index in [-0.39, 0.29) is 5.54 Å². The van der Waals surface area contributed by atoms with Gasteiger partial charge in [0.1, 0.15) is 0 Å². The van der Waals surface area contributed by atoms with E-state index in [0.29, 0.717) is 0 Å². The molecule has 1 aromatic rings. The molecule has 0 aromatic heterocycles. The summed E-state index contributed by atoms with van der Waals surface area (Å²) in [6.07, 6.45) is 3.36. The van der Waals surface area contributed by atoms with E-state index in [9.17, 15) is 0 Å². The second-order valence-electron chi connectivity index (χ2n) is 3.94. The summed E-state index contributed by atoms with van der Waals surface area (Å²) in [5, 5.41) is 0.821. The zero-order valence-electron chi connectivity index (χ0n) is 7.81. The summed E-state index contributed by atoms with van der Waals surface area (Å²) < 4.78 is 0. The highest BCUT2D eigenvalue weighted by Gasteiger charge is 2.36. The van der Waals surface area contributed by atoms with E-state index in [1.165, 1.54) is 12.0 Å². The van der Waals surface area contributed by atoms with Gasteiger partial charge in [0.25, 0.3) is 0 Å². The molecule has 0 spiro atoms. The second-order valence-corrected chi connectivity index (χ2v) is 4.35. The van der Waals surface area contributed by atoms with Crippen LogP contribution in [-0.4, -0.2) is 0 Å². The van der Waals surface area contributed by atoms with E-state index in [0.717, 1.165) is 23.4 Å². The topological polar surface area (TPSA) is 26.0 Å². The lowest BCUT2D eigenvalue weighted by Gasteiger charge is -2.40. The van der Waals surface area contributed by atoms with Crippen LogP contribution in [0.4, 0.5) is 0 Å². The Balaban J connectivity index is 2.49. The molecule has 0 saturated heterocycles. The molecule has 0 heterocycles. The fraction of sp³-hybridized carbons (Fsp3) is 0.455. The fourth-order valence-electron chi connectivity index (χ4n) is 2.07. The van der Waals surface area contributed by atoms with Crippen molar-refractivity contribution in [2.24, 2.45) is 5.73 Å². The standard InChI is InChI=1S/C11H14ClN/c1-8-4-2-5-9(12)10(8)11(13)6-3-7-11/h2,4-5H,3,6-7,13H2,1H3. The van der Waals surface area contributed by atoms with Crippen LogP contribution in [0.1, 0.15) is 30.4 Å². The first kappa shape index (κ1) is 9.04. The van der Waals surface area contributed by atoms with Crippen LogP contribution >= 0.6 is 11.6 Å². The minimum absolute atomic E-state index is 0.136. The Morgan fingerprint density at radius 2 is 2.08 bits per heavy atom. The number of nitrogens with two attached hydrogens (primary N) is 1. The molecule has 0 atom stereocenters. The lowest BCUT2D eigenvalue weighted by molar-refractivity contribution is 0.252. The first-order chi connectivity index (χ1) is 6.13. The number of halogens is 1. The van der Waals surface area contributed by atoms with E-state index in [2.05, 4.69) is 13.0 Å². The predicted molar refractivity (Wildman–Crippen MR) is 55.9 cm³/mol. The van der Waals surface area contributed by atoms with E-state index in [1.54, 1.807) is 0 Å². The molecule has 2 N–H and O–H groups in total. The van der Waals surface area contributed by atoms with Gasteiger partial charge in [0, 0.05) is 10.6 Å². The summed E-state index contributed by atoms with van der Waals surface area (Å²) in [7, 11) is 0. The Kier molecular flexibility index (Phi) is 2.09. The molecule has 0 amide bonds. The molecule has 1 aliphatic carbocycles. The Morgan fingerprint density at radius 3 is 2.54 bits per heavy atom. The lowest BCUT2D eigenvalue weighted by atomic mass is 9.71. The predicted octanol–water partition coefficient (Wildman–Crippen LogP) is 2.99. The molecule has 0 bridgehead atoms.